The molecule has 1 rings (SSSR count). The Bertz CT molecular complexity index is 81.0. The highest BCUT2D eigenvalue weighted by Gasteiger charge is 2.22. The minimum absolute atomic E-state index is 0.406. The Morgan fingerprint density at radius 1 is 1.78 bits per heavy atom. The molecule has 2 atom stereocenters. The molecule has 0 amide bonds. The van der Waals surface area contributed by atoms with Crippen molar-refractivity contribution in [2.45, 2.75) is 32.4 Å². The minimum Gasteiger partial charge on any atom is -0.377 e. The molecule has 0 spiro atoms. The van der Waals surface area contributed by atoms with Crippen molar-refractivity contribution in [1.29, 1.82) is 0 Å². The van der Waals surface area contributed by atoms with E-state index in [4.69, 9.17) is 4.74 Å². The summed E-state index contributed by atoms with van der Waals surface area (Å²) in [5.74, 6) is 0. The lowest BCUT2D eigenvalue weighted by molar-refractivity contribution is 0.0289. The van der Waals surface area contributed by atoms with Crippen LogP contribution in [0.25, 0.3) is 0 Å². The molecule has 0 aromatic heterocycles. The van der Waals surface area contributed by atoms with E-state index in [2.05, 4.69) is 12.2 Å². The Kier molecular flexibility index (Phi) is 2.49. The molecule has 0 aromatic carbocycles. The van der Waals surface area contributed by atoms with Gasteiger partial charge in [-0.15, -0.1) is 0 Å². The van der Waals surface area contributed by atoms with Crippen LogP contribution in [-0.4, -0.2) is 25.3 Å². The van der Waals surface area contributed by atoms with E-state index in [9.17, 15) is 0 Å². The average molecular weight is 129 g/mol. The van der Waals surface area contributed by atoms with Crippen molar-refractivity contribution in [2.24, 2.45) is 0 Å². The third-order valence-corrected chi connectivity index (χ3v) is 1.86. The molecule has 1 aliphatic rings. The zero-order valence-electron chi connectivity index (χ0n) is 6.18. The van der Waals surface area contributed by atoms with Crippen molar-refractivity contribution < 1.29 is 4.74 Å². The van der Waals surface area contributed by atoms with Gasteiger partial charge in [0.15, 0.2) is 0 Å². The molecular weight excluding hydrogens is 114 g/mol. The molecule has 2 unspecified atom stereocenters. The van der Waals surface area contributed by atoms with Crippen LogP contribution in [0.1, 0.15) is 20.3 Å². The van der Waals surface area contributed by atoms with Gasteiger partial charge in [0.25, 0.3) is 0 Å². The summed E-state index contributed by atoms with van der Waals surface area (Å²) in [6, 6.07) is 0.630. The smallest absolute Gasteiger partial charge is 0.0700 e. The SMILES string of the molecule is CCOC(C)C1CCN1. The fourth-order valence-electron chi connectivity index (χ4n) is 1.09. The summed E-state index contributed by atoms with van der Waals surface area (Å²) in [6.45, 7) is 6.16. The third kappa shape index (κ3) is 1.66. The predicted octanol–water partition coefficient (Wildman–Crippen LogP) is 0.773. The summed E-state index contributed by atoms with van der Waals surface area (Å²) in [5.41, 5.74) is 0. The maximum absolute atomic E-state index is 5.38. The van der Waals surface area contributed by atoms with Crippen molar-refractivity contribution in [1.82, 2.24) is 5.32 Å². The Morgan fingerprint density at radius 3 is 2.78 bits per heavy atom. The Hall–Kier alpha value is -0.0800. The molecule has 1 aliphatic heterocycles. The monoisotopic (exact) mass is 129 g/mol. The van der Waals surface area contributed by atoms with Gasteiger partial charge in [-0.25, -0.2) is 0 Å². The lowest BCUT2D eigenvalue weighted by Gasteiger charge is -2.32. The zero-order valence-corrected chi connectivity index (χ0v) is 6.18. The average Bonchev–Trinajstić information content (AvgIpc) is 1.60. The molecule has 2 heteroatoms. The van der Waals surface area contributed by atoms with Crippen LogP contribution in [0.2, 0.25) is 0 Å². The van der Waals surface area contributed by atoms with Crippen LogP contribution in [0.3, 0.4) is 0 Å². The quantitative estimate of drug-likeness (QED) is 0.608. The van der Waals surface area contributed by atoms with Gasteiger partial charge < -0.3 is 10.1 Å². The first-order chi connectivity index (χ1) is 4.34. The topological polar surface area (TPSA) is 21.3 Å². The lowest BCUT2D eigenvalue weighted by atomic mass is 10.0. The number of nitrogens with one attached hydrogen (secondary N) is 1. The highest BCUT2D eigenvalue weighted by atomic mass is 16.5. The molecule has 0 saturated carbocycles. The molecule has 2 nitrogen and oxygen atoms in total. The van der Waals surface area contributed by atoms with Crippen molar-refractivity contribution in [3.63, 3.8) is 0 Å². The van der Waals surface area contributed by atoms with Crippen LogP contribution >= 0.6 is 0 Å². The fourth-order valence-corrected chi connectivity index (χ4v) is 1.09. The first kappa shape index (κ1) is 7.03. The highest BCUT2D eigenvalue weighted by molar-refractivity contribution is 4.82. The van der Waals surface area contributed by atoms with E-state index in [1.165, 1.54) is 13.0 Å². The zero-order chi connectivity index (χ0) is 6.69. The molecule has 1 fully saturated rings. The Labute approximate surface area is 56.6 Å². The van der Waals surface area contributed by atoms with Gasteiger partial charge in [-0.1, -0.05) is 0 Å². The van der Waals surface area contributed by atoms with Gasteiger partial charge in [-0.3, -0.25) is 0 Å². The highest BCUT2D eigenvalue weighted by Crippen LogP contribution is 2.09. The number of ether oxygens (including phenoxy) is 1. The van der Waals surface area contributed by atoms with Gasteiger partial charge in [-0.05, 0) is 26.8 Å². The molecule has 0 aromatic rings. The van der Waals surface area contributed by atoms with Crippen molar-refractivity contribution in [3.8, 4) is 0 Å². The van der Waals surface area contributed by atoms with E-state index < -0.39 is 0 Å². The maximum atomic E-state index is 5.38. The Morgan fingerprint density at radius 2 is 2.44 bits per heavy atom. The molecular formula is C7H15NO. The second-order valence-electron chi connectivity index (χ2n) is 2.51. The van der Waals surface area contributed by atoms with Gasteiger partial charge in [0, 0.05) is 12.6 Å². The van der Waals surface area contributed by atoms with Gasteiger partial charge in [-0.2, -0.15) is 0 Å². The normalized spacial score (nSPS) is 29.3. The van der Waals surface area contributed by atoms with E-state index in [0.717, 1.165) is 6.61 Å². The first-order valence-corrected chi connectivity index (χ1v) is 3.69. The summed E-state index contributed by atoms with van der Waals surface area (Å²) in [5, 5.41) is 3.31. The van der Waals surface area contributed by atoms with E-state index >= 15 is 0 Å². The third-order valence-electron chi connectivity index (χ3n) is 1.86. The molecule has 1 heterocycles. The van der Waals surface area contributed by atoms with E-state index in [1.54, 1.807) is 0 Å². The summed E-state index contributed by atoms with van der Waals surface area (Å²) >= 11 is 0. The van der Waals surface area contributed by atoms with E-state index in [0.29, 0.717) is 12.1 Å². The summed E-state index contributed by atoms with van der Waals surface area (Å²) in [4.78, 5) is 0. The molecule has 1 saturated heterocycles. The van der Waals surface area contributed by atoms with Crippen LogP contribution in [-0.2, 0) is 4.74 Å². The maximum Gasteiger partial charge on any atom is 0.0700 e. The predicted molar refractivity (Wildman–Crippen MR) is 37.5 cm³/mol. The molecule has 54 valence electrons. The first-order valence-electron chi connectivity index (χ1n) is 3.69. The van der Waals surface area contributed by atoms with Crippen LogP contribution in [0.4, 0.5) is 0 Å². The molecule has 9 heavy (non-hydrogen) atoms. The van der Waals surface area contributed by atoms with Gasteiger partial charge in [0.2, 0.25) is 0 Å². The Balaban J connectivity index is 2.08. The molecule has 0 bridgehead atoms. The van der Waals surface area contributed by atoms with Crippen LogP contribution in [0.15, 0.2) is 0 Å². The number of hydrogen-bond acceptors (Lipinski definition) is 2. The summed E-state index contributed by atoms with van der Waals surface area (Å²) < 4.78 is 5.38. The molecule has 1 N–H and O–H groups in total. The second-order valence-corrected chi connectivity index (χ2v) is 2.51. The van der Waals surface area contributed by atoms with E-state index in [1.807, 2.05) is 6.92 Å². The van der Waals surface area contributed by atoms with Crippen LogP contribution in [0.5, 0.6) is 0 Å². The van der Waals surface area contributed by atoms with Crippen molar-refractivity contribution in [2.75, 3.05) is 13.2 Å². The van der Waals surface area contributed by atoms with Gasteiger partial charge >= 0.3 is 0 Å². The van der Waals surface area contributed by atoms with Crippen LogP contribution < -0.4 is 5.32 Å². The van der Waals surface area contributed by atoms with Crippen molar-refractivity contribution >= 4 is 0 Å². The minimum atomic E-state index is 0.406. The lowest BCUT2D eigenvalue weighted by Crippen LogP contribution is -2.50. The fraction of sp³-hybridized carbons (Fsp3) is 1.00. The summed E-state index contributed by atoms with van der Waals surface area (Å²) in [6.07, 6.45) is 1.69. The second kappa shape index (κ2) is 3.18. The molecule has 0 aliphatic carbocycles. The van der Waals surface area contributed by atoms with Crippen molar-refractivity contribution in [3.05, 3.63) is 0 Å². The largest absolute Gasteiger partial charge is 0.377 e. The van der Waals surface area contributed by atoms with Gasteiger partial charge in [0.1, 0.15) is 0 Å². The van der Waals surface area contributed by atoms with Gasteiger partial charge in [0.05, 0.1) is 6.10 Å². The summed E-state index contributed by atoms with van der Waals surface area (Å²) in [7, 11) is 0. The van der Waals surface area contributed by atoms with Crippen LogP contribution in [0, 0.1) is 0 Å². The van der Waals surface area contributed by atoms with E-state index in [-0.39, 0.29) is 0 Å². The number of hydrogen-bond donors (Lipinski definition) is 1. The number of rotatable bonds is 3. The molecule has 0 radical (unpaired) electrons. The standard InChI is InChI=1S/C7H15NO/c1-3-9-6(2)7-4-5-8-7/h6-8H,3-5H2,1-2H3.